The SMILES string of the molecule is FC(F)(F)C(F)(Cl)C(Cl)Cl. The van der Waals surface area contributed by atoms with Gasteiger partial charge in [0.25, 0.3) is 0 Å². The fourth-order valence-corrected chi connectivity index (χ4v) is 0.371. The van der Waals surface area contributed by atoms with Crippen molar-refractivity contribution >= 4 is 34.8 Å². The summed E-state index contributed by atoms with van der Waals surface area (Å²) in [5.74, 6) is 0. The van der Waals surface area contributed by atoms with Crippen LogP contribution in [0.25, 0.3) is 0 Å². The molecular weight excluding hydrogens is 218 g/mol. The molecule has 7 heteroatoms. The van der Waals surface area contributed by atoms with Crippen LogP contribution in [0.5, 0.6) is 0 Å². The molecule has 10 heavy (non-hydrogen) atoms. The highest BCUT2D eigenvalue weighted by molar-refractivity contribution is 6.49. The van der Waals surface area contributed by atoms with Crippen molar-refractivity contribution in [1.82, 2.24) is 0 Å². The second-order valence-electron chi connectivity index (χ2n) is 1.42. The predicted molar refractivity (Wildman–Crippen MR) is 31.2 cm³/mol. The summed E-state index contributed by atoms with van der Waals surface area (Å²) < 4.78 is 46.3. The lowest BCUT2D eigenvalue weighted by molar-refractivity contribution is -0.193. The molecule has 0 heterocycles. The Bertz CT molecular complexity index is 117. The highest BCUT2D eigenvalue weighted by Crippen LogP contribution is 2.43. The number of alkyl halides is 7. The number of hydrogen-bond donors (Lipinski definition) is 0. The van der Waals surface area contributed by atoms with Crippen LogP contribution in [0, 0.1) is 0 Å². The fraction of sp³-hybridized carbons (Fsp3) is 1.00. The van der Waals surface area contributed by atoms with E-state index in [2.05, 4.69) is 34.8 Å². The Kier molecular flexibility index (Phi) is 3.08. The van der Waals surface area contributed by atoms with E-state index in [0.717, 1.165) is 0 Å². The molecule has 0 spiro atoms. The Morgan fingerprint density at radius 1 is 1.00 bits per heavy atom. The molecule has 0 aromatic rings. The van der Waals surface area contributed by atoms with E-state index < -0.39 is 16.1 Å². The van der Waals surface area contributed by atoms with Gasteiger partial charge in [0.15, 0.2) is 4.84 Å². The maximum Gasteiger partial charge on any atom is 0.439 e. The van der Waals surface area contributed by atoms with Crippen molar-refractivity contribution in [1.29, 1.82) is 0 Å². The van der Waals surface area contributed by atoms with Crippen LogP contribution >= 0.6 is 34.8 Å². The molecule has 1 atom stereocenters. The third-order valence-electron chi connectivity index (χ3n) is 0.652. The smallest absolute Gasteiger partial charge is 0.213 e. The molecule has 0 fully saturated rings. The van der Waals surface area contributed by atoms with Gasteiger partial charge in [-0.15, -0.1) is 0 Å². The van der Waals surface area contributed by atoms with E-state index in [4.69, 9.17) is 0 Å². The lowest BCUT2D eigenvalue weighted by Gasteiger charge is -2.21. The summed E-state index contributed by atoms with van der Waals surface area (Å²) in [5.41, 5.74) is 0. The first kappa shape index (κ1) is 10.6. The van der Waals surface area contributed by atoms with E-state index in [9.17, 15) is 17.6 Å². The summed E-state index contributed by atoms with van der Waals surface area (Å²) in [6.45, 7) is 0. The Morgan fingerprint density at radius 2 is 1.30 bits per heavy atom. The molecule has 0 aliphatic carbocycles. The monoisotopic (exact) mass is 218 g/mol. The van der Waals surface area contributed by atoms with Gasteiger partial charge in [0.2, 0.25) is 0 Å². The molecular formula is C3HCl3F4. The largest absolute Gasteiger partial charge is 0.439 e. The van der Waals surface area contributed by atoms with Gasteiger partial charge in [0.1, 0.15) is 0 Å². The quantitative estimate of drug-likeness (QED) is 0.469. The molecule has 62 valence electrons. The van der Waals surface area contributed by atoms with Crippen molar-refractivity contribution in [3.63, 3.8) is 0 Å². The molecule has 0 saturated carbocycles. The molecule has 0 amide bonds. The Balaban J connectivity index is 4.40. The van der Waals surface area contributed by atoms with Crippen molar-refractivity contribution in [3.05, 3.63) is 0 Å². The molecule has 0 aromatic heterocycles. The summed E-state index contributed by atoms with van der Waals surface area (Å²) in [4.78, 5) is -2.32. The molecule has 0 aliphatic rings. The fourth-order valence-electron chi connectivity index (χ4n) is 0.124. The second-order valence-corrected chi connectivity index (χ2v) is 3.07. The van der Waals surface area contributed by atoms with Gasteiger partial charge in [-0.25, -0.2) is 4.39 Å². The molecule has 1 unspecified atom stereocenters. The number of halogens is 7. The molecule has 0 saturated heterocycles. The Hall–Kier alpha value is 0.590. The standard InChI is InChI=1S/C3HCl3F4/c4-1(5)2(6,7)3(8,9)10/h1H. The van der Waals surface area contributed by atoms with Gasteiger partial charge >= 0.3 is 11.3 Å². The van der Waals surface area contributed by atoms with Gasteiger partial charge in [-0.2, -0.15) is 13.2 Å². The summed E-state index contributed by atoms with van der Waals surface area (Å²) in [7, 11) is 0. The number of rotatable bonds is 1. The van der Waals surface area contributed by atoms with E-state index in [1.165, 1.54) is 0 Å². The third-order valence-corrected chi connectivity index (χ3v) is 1.91. The van der Waals surface area contributed by atoms with Crippen molar-refractivity contribution in [2.75, 3.05) is 0 Å². The maximum absolute atomic E-state index is 12.1. The molecule has 0 aliphatic heterocycles. The van der Waals surface area contributed by atoms with E-state index in [0.29, 0.717) is 0 Å². The minimum absolute atomic E-state index is 2.32. The first-order valence-electron chi connectivity index (χ1n) is 1.92. The van der Waals surface area contributed by atoms with Crippen LogP contribution in [-0.2, 0) is 0 Å². The topological polar surface area (TPSA) is 0 Å². The highest BCUT2D eigenvalue weighted by Gasteiger charge is 2.59. The highest BCUT2D eigenvalue weighted by atomic mass is 35.5. The molecule has 0 bridgehead atoms. The van der Waals surface area contributed by atoms with Gasteiger partial charge in [0.05, 0.1) is 0 Å². The summed E-state index contributed by atoms with van der Waals surface area (Å²) in [6, 6.07) is 0. The van der Waals surface area contributed by atoms with Crippen molar-refractivity contribution in [2.45, 2.75) is 16.1 Å². The molecule has 0 radical (unpaired) electrons. The minimum Gasteiger partial charge on any atom is -0.213 e. The van der Waals surface area contributed by atoms with Gasteiger partial charge in [-0.3, -0.25) is 0 Å². The normalized spacial score (nSPS) is 19.2. The van der Waals surface area contributed by atoms with Gasteiger partial charge in [-0.05, 0) is 0 Å². The van der Waals surface area contributed by atoms with Crippen molar-refractivity contribution < 1.29 is 17.6 Å². The summed E-state index contributed by atoms with van der Waals surface area (Å²) >= 11 is 13.5. The van der Waals surface area contributed by atoms with E-state index in [-0.39, 0.29) is 0 Å². The van der Waals surface area contributed by atoms with Crippen LogP contribution in [0.4, 0.5) is 17.6 Å². The van der Waals surface area contributed by atoms with Crippen molar-refractivity contribution in [2.24, 2.45) is 0 Å². The van der Waals surface area contributed by atoms with Gasteiger partial charge in [0, 0.05) is 0 Å². The molecule has 0 rings (SSSR count). The molecule has 0 N–H and O–H groups in total. The zero-order valence-electron chi connectivity index (χ0n) is 4.22. The average molecular weight is 219 g/mol. The van der Waals surface area contributed by atoms with E-state index in [1.807, 2.05) is 0 Å². The first-order chi connectivity index (χ1) is 4.19. The van der Waals surface area contributed by atoms with E-state index >= 15 is 0 Å². The van der Waals surface area contributed by atoms with Gasteiger partial charge in [-0.1, -0.05) is 34.8 Å². The third kappa shape index (κ3) is 2.04. The zero-order chi connectivity index (χ0) is 8.58. The summed E-state index contributed by atoms with van der Waals surface area (Å²) in [6.07, 6.45) is -5.25. The second kappa shape index (κ2) is 2.91. The van der Waals surface area contributed by atoms with Crippen LogP contribution in [0.1, 0.15) is 0 Å². The van der Waals surface area contributed by atoms with Crippen LogP contribution in [0.2, 0.25) is 0 Å². The first-order valence-corrected chi connectivity index (χ1v) is 3.17. The predicted octanol–water partition coefficient (Wildman–Crippen LogP) is 3.26. The van der Waals surface area contributed by atoms with Crippen LogP contribution in [0.3, 0.4) is 0 Å². The molecule has 0 aromatic carbocycles. The zero-order valence-corrected chi connectivity index (χ0v) is 6.49. The minimum atomic E-state index is -5.25. The van der Waals surface area contributed by atoms with Crippen molar-refractivity contribution in [3.8, 4) is 0 Å². The Morgan fingerprint density at radius 3 is 1.30 bits per heavy atom. The molecule has 0 nitrogen and oxygen atoms in total. The van der Waals surface area contributed by atoms with E-state index in [1.54, 1.807) is 0 Å². The van der Waals surface area contributed by atoms with Crippen LogP contribution < -0.4 is 0 Å². The lowest BCUT2D eigenvalue weighted by atomic mass is 10.4. The van der Waals surface area contributed by atoms with Gasteiger partial charge < -0.3 is 0 Å². The van der Waals surface area contributed by atoms with Crippen LogP contribution in [0.15, 0.2) is 0 Å². The Labute approximate surface area is 69.0 Å². The average Bonchev–Trinajstić information content (AvgIpc) is 1.62. The lowest BCUT2D eigenvalue weighted by Crippen LogP contribution is -2.40. The summed E-state index contributed by atoms with van der Waals surface area (Å²) in [5, 5.41) is -4.06. The number of hydrogen-bond acceptors (Lipinski definition) is 0. The maximum atomic E-state index is 12.1. The van der Waals surface area contributed by atoms with Crippen LogP contribution in [-0.4, -0.2) is 16.1 Å².